The summed E-state index contributed by atoms with van der Waals surface area (Å²) in [7, 11) is 1.83. The molecule has 0 aromatic carbocycles. The predicted octanol–water partition coefficient (Wildman–Crippen LogP) is 4.02. The van der Waals surface area contributed by atoms with E-state index in [9.17, 15) is 4.79 Å². The summed E-state index contributed by atoms with van der Waals surface area (Å²) in [6, 6.07) is 1.76. The Hall–Kier alpha value is -1.93. The van der Waals surface area contributed by atoms with Crippen LogP contribution in [0.2, 0.25) is 5.15 Å². The van der Waals surface area contributed by atoms with Crippen LogP contribution in [0.25, 0.3) is 10.6 Å². The minimum Gasteiger partial charge on any atom is -0.444 e. The largest absolute Gasteiger partial charge is 0.444 e. The van der Waals surface area contributed by atoms with Crippen molar-refractivity contribution in [1.29, 1.82) is 0 Å². The molecule has 1 amide bonds. The molecule has 1 aliphatic heterocycles. The number of pyridine rings is 1. The van der Waals surface area contributed by atoms with Crippen LogP contribution < -0.4 is 5.32 Å². The van der Waals surface area contributed by atoms with Crippen molar-refractivity contribution in [2.45, 2.75) is 38.7 Å². The number of nitrogens with zero attached hydrogens (tertiary/aromatic N) is 4. The highest BCUT2D eigenvalue weighted by atomic mass is 35.5. The van der Waals surface area contributed by atoms with Gasteiger partial charge in [0.05, 0.1) is 5.56 Å². The Balaban J connectivity index is 1.72. The molecule has 1 aliphatic rings. The second kappa shape index (κ2) is 7.36. The second-order valence-electron chi connectivity index (χ2n) is 7.16. The first kappa shape index (κ1) is 18.8. The van der Waals surface area contributed by atoms with Gasteiger partial charge in [0.2, 0.25) is 0 Å². The molecule has 26 heavy (non-hydrogen) atoms. The Morgan fingerprint density at radius 1 is 1.42 bits per heavy atom. The van der Waals surface area contributed by atoms with Gasteiger partial charge in [0.25, 0.3) is 0 Å². The molecule has 3 heterocycles. The molecular weight excluding hydrogens is 374 g/mol. The molecule has 1 N–H and O–H groups in total. The summed E-state index contributed by atoms with van der Waals surface area (Å²) in [5.74, 6) is 0.173. The summed E-state index contributed by atoms with van der Waals surface area (Å²) in [6.45, 7) is 6.87. The van der Waals surface area contributed by atoms with Crippen LogP contribution in [0.4, 0.5) is 10.5 Å². The monoisotopic (exact) mass is 395 g/mol. The number of aromatic nitrogens is 3. The molecule has 1 atom stereocenters. The Morgan fingerprint density at radius 3 is 2.88 bits per heavy atom. The highest BCUT2D eigenvalue weighted by Gasteiger charge is 2.32. The third-order valence-electron chi connectivity index (χ3n) is 4.00. The minimum absolute atomic E-state index is 0.173. The Bertz CT molecular complexity index is 805. The first-order valence-corrected chi connectivity index (χ1v) is 9.61. The van der Waals surface area contributed by atoms with Gasteiger partial charge in [-0.15, -0.1) is 10.2 Å². The molecule has 0 saturated carbocycles. The van der Waals surface area contributed by atoms with E-state index < -0.39 is 5.60 Å². The van der Waals surface area contributed by atoms with Crippen LogP contribution in [0.5, 0.6) is 0 Å². The maximum atomic E-state index is 12.2. The van der Waals surface area contributed by atoms with E-state index in [2.05, 4.69) is 20.5 Å². The van der Waals surface area contributed by atoms with Crippen LogP contribution >= 0.6 is 22.9 Å². The molecule has 2 aromatic heterocycles. The van der Waals surface area contributed by atoms with Crippen LogP contribution in [0.15, 0.2) is 12.3 Å². The van der Waals surface area contributed by atoms with Gasteiger partial charge in [0, 0.05) is 37.9 Å². The van der Waals surface area contributed by atoms with Crippen molar-refractivity contribution in [2.24, 2.45) is 0 Å². The summed E-state index contributed by atoms with van der Waals surface area (Å²) in [6.07, 6.45) is 2.27. The number of hydrogen-bond acceptors (Lipinski definition) is 7. The van der Waals surface area contributed by atoms with Crippen molar-refractivity contribution < 1.29 is 9.53 Å². The highest BCUT2D eigenvalue weighted by molar-refractivity contribution is 7.14. The molecule has 140 valence electrons. The van der Waals surface area contributed by atoms with Crippen molar-refractivity contribution in [3.05, 3.63) is 22.4 Å². The standard InChI is InChI=1S/C17H22ClN5O2S/c1-17(2,3)25-16(24)23-6-5-10(9-23)14-21-22-15(26-14)11-8-20-13(18)7-12(11)19-4/h7-8,10H,5-6,9H2,1-4H3,(H,19,20). The minimum atomic E-state index is -0.490. The average molecular weight is 396 g/mol. The topological polar surface area (TPSA) is 80.2 Å². The molecule has 1 unspecified atom stereocenters. The van der Waals surface area contributed by atoms with E-state index >= 15 is 0 Å². The molecule has 1 saturated heterocycles. The van der Waals surface area contributed by atoms with Gasteiger partial charge >= 0.3 is 6.09 Å². The molecule has 0 bridgehead atoms. The van der Waals surface area contributed by atoms with Gasteiger partial charge in [0.15, 0.2) is 5.01 Å². The fourth-order valence-electron chi connectivity index (χ4n) is 2.77. The average Bonchev–Trinajstić information content (AvgIpc) is 3.22. The lowest BCUT2D eigenvalue weighted by Gasteiger charge is -2.24. The van der Waals surface area contributed by atoms with E-state index in [-0.39, 0.29) is 12.0 Å². The fourth-order valence-corrected chi connectivity index (χ4v) is 3.92. The van der Waals surface area contributed by atoms with Crippen molar-refractivity contribution >= 4 is 34.7 Å². The molecule has 1 fully saturated rings. The summed E-state index contributed by atoms with van der Waals surface area (Å²) in [5, 5.41) is 13.9. The van der Waals surface area contributed by atoms with Gasteiger partial charge in [0.1, 0.15) is 15.8 Å². The molecule has 0 aliphatic carbocycles. The van der Waals surface area contributed by atoms with E-state index in [0.29, 0.717) is 18.2 Å². The number of anilines is 1. The zero-order valence-corrected chi connectivity index (χ0v) is 16.8. The second-order valence-corrected chi connectivity index (χ2v) is 8.56. The van der Waals surface area contributed by atoms with Crippen LogP contribution in [-0.4, -0.2) is 51.9 Å². The lowest BCUT2D eigenvalue weighted by molar-refractivity contribution is 0.0292. The maximum Gasteiger partial charge on any atom is 0.410 e. The van der Waals surface area contributed by atoms with Crippen molar-refractivity contribution in [2.75, 3.05) is 25.5 Å². The van der Waals surface area contributed by atoms with Crippen molar-refractivity contribution in [1.82, 2.24) is 20.1 Å². The Labute approximate surface area is 161 Å². The molecular formula is C17H22ClN5O2S. The maximum absolute atomic E-state index is 12.2. The molecule has 7 nitrogen and oxygen atoms in total. The molecule has 0 spiro atoms. The first-order valence-electron chi connectivity index (χ1n) is 8.42. The van der Waals surface area contributed by atoms with Gasteiger partial charge in [-0.05, 0) is 33.3 Å². The SMILES string of the molecule is CNc1cc(Cl)ncc1-c1nnc(C2CCN(C(=O)OC(C)(C)C)C2)s1. The molecule has 3 rings (SSSR count). The van der Waals surface area contributed by atoms with E-state index in [0.717, 1.165) is 27.7 Å². The van der Waals surface area contributed by atoms with Crippen LogP contribution in [0.3, 0.4) is 0 Å². The van der Waals surface area contributed by atoms with Gasteiger partial charge < -0.3 is 15.0 Å². The summed E-state index contributed by atoms with van der Waals surface area (Å²) in [5.41, 5.74) is 1.23. The van der Waals surface area contributed by atoms with Crippen molar-refractivity contribution in [3.8, 4) is 10.6 Å². The van der Waals surface area contributed by atoms with E-state index in [1.807, 2.05) is 27.8 Å². The van der Waals surface area contributed by atoms with Gasteiger partial charge in [-0.1, -0.05) is 22.9 Å². The third-order valence-corrected chi connectivity index (χ3v) is 5.33. The van der Waals surface area contributed by atoms with Gasteiger partial charge in [-0.3, -0.25) is 0 Å². The van der Waals surface area contributed by atoms with Crippen LogP contribution in [-0.2, 0) is 4.74 Å². The Morgan fingerprint density at radius 2 is 2.19 bits per heavy atom. The normalized spacial score (nSPS) is 17.4. The predicted molar refractivity (Wildman–Crippen MR) is 103 cm³/mol. The summed E-state index contributed by atoms with van der Waals surface area (Å²) in [4.78, 5) is 18.1. The number of halogens is 1. The smallest absolute Gasteiger partial charge is 0.410 e. The number of carbonyl (C=O) groups excluding carboxylic acids is 1. The molecule has 2 aromatic rings. The zero-order chi connectivity index (χ0) is 18.9. The number of amides is 1. The van der Waals surface area contributed by atoms with Crippen molar-refractivity contribution in [3.63, 3.8) is 0 Å². The number of nitrogens with one attached hydrogen (secondary N) is 1. The molecule has 9 heteroatoms. The summed E-state index contributed by atoms with van der Waals surface area (Å²) >= 11 is 7.47. The van der Waals surface area contributed by atoms with Gasteiger partial charge in [-0.25, -0.2) is 9.78 Å². The Kier molecular flexibility index (Phi) is 5.34. The number of carbonyl (C=O) groups is 1. The van der Waals surface area contributed by atoms with Crippen LogP contribution in [0.1, 0.15) is 38.1 Å². The quantitative estimate of drug-likeness (QED) is 0.790. The van der Waals surface area contributed by atoms with E-state index in [1.165, 1.54) is 11.3 Å². The lowest BCUT2D eigenvalue weighted by Crippen LogP contribution is -2.35. The first-order chi connectivity index (χ1) is 12.3. The highest BCUT2D eigenvalue weighted by Crippen LogP contribution is 2.36. The molecule has 0 radical (unpaired) electrons. The lowest BCUT2D eigenvalue weighted by atomic mass is 10.1. The third kappa shape index (κ3) is 4.24. The number of rotatable bonds is 3. The van der Waals surface area contributed by atoms with E-state index in [1.54, 1.807) is 17.2 Å². The summed E-state index contributed by atoms with van der Waals surface area (Å²) < 4.78 is 5.45. The fraction of sp³-hybridized carbons (Fsp3) is 0.529. The van der Waals surface area contributed by atoms with Gasteiger partial charge in [-0.2, -0.15) is 0 Å². The van der Waals surface area contributed by atoms with Crippen LogP contribution in [0, 0.1) is 0 Å². The zero-order valence-electron chi connectivity index (χ0n) is 15.2. The number of ether oxygens (including phenoxy) is 1. The number of likely N-dealkylation sites (tertiary alicyclic amines) is 1. The number of hydrogen-bond donors (Lipinski definition) is 1. The van der Waals surface area contributed by atoms with E-state index in [4.69, 9.17) is 16.3 Å².